The van der Waals surface area contributed by atoms with Gasteiger partial charge < -0.3 is 4.90 Å². The van der Waals surface area contributed by atoms with Crippen LogP contribution in [0.4, 0.5) is 5.69 Å². The molecule has 0 aromatic heterocycles. The summed E-state index contributed by atoms with van der Waals surface area (Å²) in [5, 5.41) is 2.58. The normalized spacial score (nSPS) is 10.7. The first-order chi connectivity index (χ1) is 9.74. The molecule has 0 fully saturated rings. The van der Waals surface area contributed by atoms with Crippen molar-refractivity contribution < 1.29 is 0 Å². The van der Waals surface area contributed by atoms with Gasteiger partial charge in [-0.3, -0.25) is 0 Å². The van der Waals surface area contributed by atoms with E-state index in [9.17, 15) is 0 Å². The summed E-state index contributed by atoms with van der Waals surface area (Å²) in [7, 11) is 2.19. The van der Waals surface area contributed by atoms with E-state index in [4.69, 9.17) is 0 Å². The number of rotatable bonds is 7. The van der Waals surface area contributed by atoms with Crippen LogP contribution in [0.1, 0.15) is 38.2 Å². The first-order valence-corrected chi connectivity index (χ1v) is 7.62. The van der Waals surface area contributed by atoms with E-state index in [1.165, 1.54) is 47.7 Å². The van der Waals surface area contributed by atoms with Crippen molar-refractivity contribution in [1.82, 2.24) is 0 Å². The Morgan fingerprint density at radius 2 is 1.75 bits per heavy atom. The fourth-order valence-electron chi connectivity index (χ4n) is 2.52. The molecule has 0 radical (unpaired) electrons. The van der Waals surface area contributed by atoms with E-state index >= 15 is 0 Å². The molecule has 0 spiro atoms. The summed E-state index contributed by atoms with van der Waals surface area (Å²) in [5.41, 5.74) is 2.48. The molecule has 106 valence electrons. The second-order valence-corrected chi connectivity index (χ2v) is 5.48. The van der Waals surface area contributed by atoms with Gasteiger partial charge in [-0.15, -0.1) is 0 Å². The summed E-state index contributed by atoms with van der Waals surface area (Å²) in [4.78, 5) is 2.36. The molecular weight excluding hydrogens is 242 g/mol. The molecular formula is C19H25N. The minimum absolute atomic E-state index is 1.14. The van der Waals surface area contributed by atoms with Gasteiger partial charge in [0.2, 0.25) is 0 Å². The van der Waals surface area contributed by atoms with Gasteiger partial charge in [-0.25, -0.2) is 0 Å². The van der Waals surface area contributed by atoms with E-state index in [2.05, 4.69) is 61.8 Å². The van der Waals surface area contributed by atoms with Gasteiger partial charge in [0.1, 0.15) is 0 Å². The van der Waals surface area contributed by atoms with Gasteiger partial charge in [0, 0.05) is 19.3 Å². The lowest BCUT2D eigenvalue weighted by molar-refractivity contribution is 0.661. The second kappa shape index (κ2) is 7.14. The van der Waals surface area contributed by atoms with E-state index < -0.39 is 0 Å². The Balaban J connectivity index is 2.08. The number of hydrogen-bond acceptors (Lipinski definition) is 1. The molecule has 0 saturated carbocycles. The predicted octanol–water partition coefficient (Wildman–Crippen LogP) is 5.50. The van der Waals surface area contributed by atoms with Crippen LogP contribution in [0.15, 0.2) is 43.0 Å². The van der Waals surface area contributed by atoms with Crippen LogP contribution in [0.3, 0.4) is 0 Å². The maximum atomic E-state index is 3.82. The lowest BCUT2D eigenvalue weighted by Gasteiger charge is -2.19. The topological polar surface area (TPSA) is 3.24 Å². The predicted molar refractivity (Wildman–Crippen MR) is 91.5 cm³/mol. The lowest BCUT2D eigenvalue weighted by Crippen LogP contribution is -2.18. The molecule has 0 aliphatic carbocycles. The molecule has 0 N–H and O–H groups in total. The minimum atomic E-state index is 1.14. The van der Waals surface area contributed by atoms with E-state index in [1.807, 2.05) is 6.08 Å². The molecule has 0 amide bonds. The Kier molecular flexibility index (Phi) is 5.23. The molecule has 20 heavy (non-hydrogen) atoms. The van der Waals surface area contributed by atoms with Crippen molar-refractivity contribution in [1.29, 1.82) is 0 Å². The molecule has 0 aliphatic rings. The van der Waals surface area contributed by atoms with Crippen molar-refractivity contribution in [3.8, 4) is 0 Å². The minimum Gasteiger partial charge on any atom is -0.375 e. The van der Waals surface area contributed by atoms with Gasteiger partial charge in [-0.1, -0.05) is 57.0 Å². The second-order valence-electron chi connectivity index (χ2n) is 5.48. The third kappa shape index (κ3) is 3.63. The van der Waals surface area contributed by atoms with Gasteiger partial charge in [0.05, 0.1) is 0 Å². The highest BCUT2D eigenvalue weighted by molar-refractivity contribution is 5.87. The quantitative estimate of drug-likeness (QED) is 0.599. The molecule has 1 heteroatoms. The fraction of sp³-hybridized carbons (Fsp3) is 0.368. The zero-order chi connectivity index (χ0) is 14.4. The van der Waals surface area contributed by atoms with Crippen molar-refractivity contribution in [2.45, 2.75) is 32.6 Å². The van der Waals surface area contributed by atoms with Crippen molar-refractivity contribution in [2.75, 3.05) is 18.5 Å². The molecule has 2 aromatic rings. The standard InChI is InChI=1S/C19H25N/c1-4-6-7-8-13-20(3)19-12-11-17-14-16(5-2)9-10-18(17)15-19/h5,9-12,14-15H,2,4,6-8,13H2,1,3H3. The van der Waals surface area contributed by atoms with Crippen molar-refractivity contribution in [3.05, 3.63) is 48.5 Å². The summed E-state index contributed by atoms with van der Waals surface area (Å²) in [5.74, 6) is 0. The molecule has 2 rings (SSSR count). The largest absolute Gasteiger partial charge is 0.375 e. The molecule has 0 unspecified atom stereocenters. The van der Waals surface area contributed by atoms with E-state index in [1.54, 1.807) is 0 Å². The Morgan fingerprint density at radius 1 is 1.00 bits per heavy atom. The van der Waals surface area contributed by atoms with E-state index in [-0.39, 0.29) is 0 Å². The number of nitrogens with zero attached hydrogens (tertiary/aromatic N) is 1. The molecule has 0 bridgehead atoms. The maximum absolute atomic E-state index is 3.82. The molecule has 0 saturated heterocycles. The van der Waals surface area contributed by atoms with Gasteiger partial charge in [-0.2, -0.15) is 0 Å². The van der Waals surface area contributed by atoms with Crippen LogP contribution in [0.5, 0.6) is 0 Å². The van der Waals surface area contributed by atoms with Crippen LogP contribution in [0.2, 0.25) is 0 Å². The summed E-state index contributed by atoms with van der Waals surface area (Å²) >= 11 is 0. The fourth-order valence-corrected chi connectivity index (χ4v) is 2.52. The molecule has 0 aliphatic heterocycles. The van der Waals surface area contributed by atoms with Crippen molar-refractivity contribution in [2.24, 2.45) is 0 Å². The Labute approximate surface area is 122 Å². The van der Waals surface area contributed by atoms with Gasteiger partial charge in [-0.05, 0) is 41.0 Å². The third-order valence-corrected chi connectivity index (χ3v) is 3.87. The average Bonchev–Trinajstić information content (AvgIpc) is 2.50. The zero-order valence-electron chi connectivity index (χ0n) is 12.7. The van der Waals surface area contributed by atoms with Gasteiger partial charge in [0.25, 0.3) is 0 Å². The highest BCUT2D eigenvalue weighted by atomic mass is 15.1. The van der Waals surface area contributed by atoms with Crippen LogP contribution < -0.4 is 4.90 Å². The smallest absolute Gasteiger partial charge is 0.0370 e. The molecule has 0 atom stereocenters. The zero-order valence-corrected chi connectivity index (χ0v) is 12.7. The number of benzene rings is 2. The number of unbranched alkanes of at least 4 members (excludes halogenated alkanes) is 3. The summed E-state index contributed by atoms with van der Waals surface area (Å²) in [6.07, 6.45) is 7.14. The van der Waals surface area contributed by atoms with Crippen LogP contribution in [0, 0.1) is 0 Å². The summed E-state index contributed by atoms with van der Waals surface area (Å²) < 4.78 is 0. The highest BCUT2D eigenvalue weighted by Gasteiger charge is 2.02. The Hall–Kier alpha value is -1.76. The summed E-state index contributed by atoms with van der Waals surface area (Å²) in [6, 6.07) is 13.2. The van der Waals surface area contributed by atoms with Crippen LogP contribution in [-0.2, 0) is 0 Å². The molecule has 2 aromatic carbocycles. The van der Waals surface area contributed by atoms with Crippen LogP contribution in [0.25, 0.3) is 16.8 Å². The number of fused-ring (bicyclic) bond motifs is 1. The first kappa shape index (κ1) is 14.6. The van der Waals surface area contributed by atoms with E-state index in [0.717, 1.165) is 6.54 Å². The Morgan fingerprint density at radius 3 is 2.50 bits per heavy atom. The van der Waals surface area contributed by atoms with Gasteiger partial charge in [0.15, 0.2) is 0 Å². The van der Waals surface area contributed by atoms with Crippen LogP contribution >= 0.6 is 0 Å². The summed E-state index contributed by atoms with van der Waals surface area (Å²) in [6.45, 7) is 7.21. The van der Waals surface area contributed by atoms with Crippen molar-refractivity contribution in [3.63, 3.8) is 0 Å². The maximum Gasteiger partial charge on any atom is 0.0370 e. The monoisotopic (exact) mass is 267 g/mol. The lowest BCUT2D eigenvalue weighted by atomic mass is 10.1. The van der Waals surface area contributed by atoms with Gasteiger partial charge >= 0.3 is 0 Å². The number of anilines is 1. The highest BCUT2D eigenvalue weighted by Crippen LogP contribution is 2.23. The van der Waals surface area contributed by atoms with E-state index in [0.29, 0.717) is 0 Å². The third-order valence-electron chi connectivity index (χ3n) is 3.87. The molecule has 0 heterocycles. The van der Waals surface area contributed by atoms with Crippen LogP contribution in [-0.4, -0.2) is 13.6 Å². The number of hydrogen-bond donors (Lipinski definition) is 0. The molecule has 1 nitrogen and oxygen atoms in total. The Bertz CT molecular complexity index is 571. The SMILES string of the molecule is C=Cc1ccc2cc(N(C)CCCCCC)ccc2c1. The average molecular weight is 267 g/mol. The first-order valence-electron chi connectivity index (χ1n) is 7.62. The van der Waals surface area contributed by atoms with Crippen molar-refractivity contribution >= 4 is 22.5 Å².